The first-order valence-corrected chi connectivity index (χ1v) is 7.36. The summed E-state index contributed by atoms with van der Waals surface area (Å²) >= 11 is 0. The Balaban J connectivity index is 2.18. The number of nitrogens with two attached hydrogens (primary N) is 1. The number of aryl methyl sites for hydroxylation is 1. The van der Waals surface area contributed by atoms with Crippen molar-refractivity contribution >= 4 is 5.91 Å². The second kappa shape index (κ2) is 8.04. The van der Waals surface area contributed by atoms with Gasteiger partial charge in [0.2, 0.25) is 5.91 Å². The van der Waals surface area contributed by atoms with Crippen LogP contribution in [0.15, 0.2) is 18.7 Å². The lowest BCUT2D eigenvalue weighted by atomic mass is 9.84. The molecule has 1 aromatic rings. The Labute approximate surface area is 122 Å². The molecule has 1 amide bonds. The average molecular weight is 280 g/mol. The molecular formula is C15H28N4O. The van der Waals surface area contributed by atoms with Gasteiger partial charge >= 0.3 is 0 Å². The molecule has 1 atom stereocenters. The lowest BCUT2D eigenvalue weighted by molar-refractivity contribution is -0.125. The van der Waals surface area contributed by atoms with Crippen LogP contribution in [0.5, 0.6) is 0 Å². The number of carbonyl (C=O) groups excluding carboxylic acids is 1. The quantitative estimate of drug-likeness (QED) is 0.713. The van der Waals surface area contributed by atoms with Crippen molar-refractivity contribution in [2.45, 2.75) is 46.6 Å². The predicted molar refractivity (Wildman–Crippen MR) is 81.1 cm³/mol. The molecule has 1 heterocycles. The normalized spacial score (nSPS) is 13.2. The van der Waals surface area contributed by atoms with Gasteiger partial charge in [0.15, 0.2) is 0 Å². The van der Waals surface area contributed by atoms with E-state index in [1.54, 1.807) is 6.20 Å². The maximum Gasteiger partial charge on any atom is 0.224 e. The van der Waals surface area contributed by atoms with E-state index in [1.165, 1.54) is 0 Å². The van der Waals surface area contributed by atoms with E-state index in [9.17, 15) is 4.79 Å². The first-order valence-electron chi connectivity index (χ1n) is 7.36. The van der Waals surface area contributed by atoms with Crippen LogP contribution in [0.3, 0.4) is 0 Å². The maximum atomic E-state index is 12.0. The molecule has 20 heavy (non-hydrogen) atoms. The molecule has 0 bridgehead atoms. The van der Waals surface area contributed by atoms with E-state index in [2.05, 4.69) is 31.1 Å². The summed E-state index contributed by atoms with van der Waals surface area (Å²) in [4.78, 5) is 16.0. The molecule has 5 nitrogen and oxygen atoms in total. The second-order valence-electron chi connectivity index (χ2n) is 6.50. The van der Waals surface area contributed by atoms with Crippen LogP contribution >= 0.6 is 0 Å². The van der Waals surface area contributed by atoms with Gasteiger partial charge in [-0.05, 0) is 24.7 Å². The van der Waals surface area contributed by atoms with Crippen LogP contribution in [0.1, 0.15) is 40.0 Å². The third-order valence-electron chi connectivity index (χ3n) is 3.22. The number of nitrogens with one attached hydrogen (secondary N) is 1. The summed E-state index contributed by atoms with van der Waals surface area (Å²) in [7, 11) is 0. The van der Waals surface area contributed by atoms with Crippen LogP contribution in [0.4, 0.5) is 0 Å². The summed E-state index contributed by atoms with van der Waals surface area (Å²) in [5, 5.41) is 2.99. The molecule has 0 aliphatic heterocycles. The Hall–Kier alpha value is -1.36. The van der Waals surface area contributed by atoms with Crippen molar-refractivity contribution in [2.75, 3.05) is 13.1 Å². The summed E-state index contributed by atoms with van der Waals surface area (Å²) in [6.07, 6.45) is 8.36. The van der Waals surface area contributed by atoms with Gasteiger partial charge in [0.1, 0.15) is 0 Å². The smallest absolute Gasteiger partial charge is 0.224 e. The fourth-order valence-electron chi connectivity index (χ4n) is 2.22. The standard InChI is InChI=1S/C15H28N4O/c1-15(2,3)10-13(11-16)14(20)18-6-4-5-8-19-9-7-17-12-19/h7,9,12-13H,4-6,8,10-11,16H2,1-3H3,(H,18,20). The first kappa shape index (κ1) is 16.7. The number of hydrogen-bond donors (Lipinski definition) is 2. The topological polar surface area (TPSA) is 72.9 Å². The number of aromatic nitrogens is 2. The molecule has 0 aliphatic carbocycles. The highest BCUT2D eigenvalue weighted by molar-refractivity contribution is 5.78. The lowest BCUT2D eigenvalue weighted by Crippen LogP contribution is -2.37. The van der Waals surface area contributed by atoms with Gasteiger partial charge in [-0.25, -0.2) is 4.98 Å². The van der Waals surface area contributed by atoms with Gasteiger partial charge in [-0.3, -0.25) is 4.79 Å². The third kappa shape index (κ3) is 6.70. The molecule has 1 unspecified atom stereocenters. The molecule has 0 fully saturated rings. The number of unbranched alkanes of at least 4 members (excludes halogenated alkanes) is 1. The van der Waals surface area contributed by atoms with E-state index in [0.29, 0.717) is 13.1 Å². The number of carbonyl (C=O) groups is 1. The van der Waals surface area contributed by atoms with E-state index in [4.69, 9.17) is 5.73 Å². The summed E-state index contributed by atoms with van der Waals surface area (Å²) in [6.45, 7) is 8.47. The zero-order chi connectivity index (χ0) is 15.0. The van der Waals surface area contributed by atoms with Crippen molar-refractivity contribution in [3.8, 4) is 0 Å². The van der Waals surface area contributed by atoms with Crippen molar-refractivity contribution in [1.29, 1.82) is 0 Å². The van der Waals surface area contributed by atoms with Crippen molar-refractivity contribution in [3.05, 3.63) is 18.7 Å². The fourth-order valence-corrected chi connectivity index (χ4v) is 2.22. The first-order chi connectivity index (χ1) is 9.42. The van der Waals surface area contributed by atoms with E-state index < -0.39 is 0 Å². The molecule has 1 rings (SSSR count). The number of imidazole rings is 1. The van der Waals surface area contributed by atoms with Gasteiger partial charge in [0, 0.05) is 32.0 Å². The van der Waals surface area contributed by atoms with Gasteiger partial charge in [-0.2, -0.15) is 0 Å². The number of amides is 1. The molecular weight excluding hydrogens is 252 g/mol. The van der Waals surface area contributed by atoms with Crippen molar-refractivity contribution < 1.29 is 4.79 Å². The van der Waals surface area contributed by atoms with Crippen LogP contribution in [0.25, 0.3) is 0 Å². The molecule has 0 saturated carbocycles. The van der Waals surface area contributed by atoms with Crippen LogP contribution < -0.4 is 11.1 Å². The lowest BCUT2D eigenvalue weighted by Gasteiger charge is -2.24. The van der Waals surface area contributed by atoms with E-state index in [-0.39, 0.29) is 17.2 Å². The SMILES string of the molecule is CC(C)(C)CC(CN)C(=O)NCCCCn1ccnc1. The maximum absolute atomic E-state index is 12.0. The molecule has 1 aromatic heterocycles. The number of hydrogen-bond acceptors (Lipinski definition) is 3. The number of nitrogens with zero attached hydrogens (tertiary/aromatic N) is 2. The zero-order valence-electron chi connectivity index (χ0n) is 12.9. The van der Waals surface area contributed by atoms with Gasteiger partial charge in [0.25, 0.3) is 0 Å². The Morgan fingerprint density at radius 2 is 2.15 bits per heavy atom. The van der Waals surface area contributed by atoms with E-state index in [1.807, 2.05) is 17.1 Å². The summed E-state index contributed by atoms with van der Waals surface area (Å²) in [5.41, 5.74) is 5.83. The summed E-state index contributed by atoms with van der Waals surface area (Å²) < 4.78 is 2.05. The second-order valence-corrected chi connectivity index (χ2v) is 6.50. The minimum absolute atomic E-state index is 0.0800. The molecule has 0 aliphatic rings. The predicted octanol–water partition coefficient (Wildman–Crippen LogP) is 1.79. The fraction of sp³-hybridized carbons (Fsp3) is 0.733. The Kier molecular flexibility index (Phi) is 6.71. The van der Waals surface area contributed by atoms with Gasteiger partial charge in [0.05, 0.1) is 12.2 Å². The zero-order valence-corrected chi connectivity index (χ0v) is 12.9. The molecule has 0 saturated heterocycles. The molecule has 114 valence electrons. The Morgan fingerprint density at radius 3 is 2.70 bits per heavy atom. The van der Waals surface area contributed by atoms with Crippen LogP contribution in [0.2, 0.25) is 0 Å². The van der Waals surface area contributed by atoms with Gasteiger partial charge < -0.3 is 15.6 Å². The van der Waals surface area contributed by atoms with Crippen LogP contribution in [0, 0.1) is 11.3 Å². The molecule has 0 aromatic carbocycles. The van der Waals surface area contributed by atoms with Crippen LogP contribution in [-0.4, -0.2) is 28.5 Å². The largest absolute Gasteiger partial charge is 0.356 e. The molecule has 0 radical (unpaired) electrons. The van der Waals surface area contributed by atoms with E-state index in [0.717, 1.165) is 25.8 Å². The Bertz CT molecular complexity index is 381. The van der Waals surface area contributed by atoms with Crippen molar-refractivity contribution in [1.82, 2.24) is 14.9 Å². The summed E-state index contributed by atoms with van der Waals surface area (Å²) in [5.74, 6) is 0.00806. The molecule has 3 N–H and O–H groups in total. The van der Waals surface area contributed by atoms with Crippen LogP contribution in [-0.2, 0) is 11.3 Å². The van der Waals surface area contributed by atoms with Crippen molar-refractivity contribution in [2.24, 2.45) is 17.1 Å². The van der Waals surface area contributed by atoms with Gasteiger partial charge in [-0.15, -0.1) is 0 Å². The Morgan fingerprint density at radius 1 is 1.40 bits per heavy atom. The minimum atomic E-state index is -0.0800. The molecule has 0 spiro atoms. The highest BCUT2D eigenvalue weighted by atomic mass is 16.1. The monoisotopic (exact) mass is 280 g/mol. The number of rotatable bonds is 8. The van der Waals surface area contributed by atoms with Crippen molar-refractivity contribution in [3.63, 3.8) is 0 Å². The highest BCUT2D eigenvalue weighted by Gasteiger charge is 2.23. The third-order valence-corrected chi connectivity index (χ3v) is 3.22. The average Bonchev–Trinajstić information content (AvgIpc) is 2.87. The van der Waals surface area contributed by atoms with E-state index >= 15 is 0 Å². The van der Waals surface area contributed by atoms with Gasteiger partial charge in [-0.1, -0.05) is 20.8 Å². The highest BCUT2D eigenvalue weighted by Crippen LogP contribution is 2.23. The summed E-state index contributed by atoms with van der Waals surface area (Å²) in [6, 6.07) is 0. The molecule has 5 heteroatoms. The minimum Gasteiger partial charge on any atom is -0.356 e.